The molecule has 1 heterocycles. The summed E-state index contributed by atoms with van der Waals surface area (Å²) < 4.78 is 6.93. The molecule has 3 rings (SSSR count). The smallest absolute Gasteiger partial charge is 0.258 e. The first-order chi connectivity index (χ1) is 11.1. The molecule has 0 aliphatic heterocycles. The summed E-state index contributed by atoms with van der Waals surface area (Å²) in [5, 5.41) is 1.64. The highest BCUT2D eigenvalue weighted by Crippen LogP contribution is 2.18. The standard InChI is InChI=1S/C19H20N2O2/c1-13(20)18-11-15-5-3-4-6-17(15)19(22)21(18)12-14-7-9-16(23-2)10-8-14/h3-11,13H,12,20H2,1-2H3. The molecule has 1 atom stereocenters. The Morgan fingerprint density at radius 3 is 2.48 bits per heavy atom. The predicted octanol–water partition coefficient (Wildman–Crippen LogP) is 3.08. The quantitative estimate of drug-likeness (QED) is 0.806. The lowest BCUT2D eigenvalue weighted by molar-refractivity contribution is 0.414. The Balaban J connectivity index is 2.12. The van der Waals surface area contributed by atoms with Gasteiger partial charge in [-0.15, -0.1) is 0 Å². The minimum atomic E-state index is -0.217. The van der Waals surface area contributed by atoms with Crippen LogP contribution in [0.3, 0.4) is 0 Å². The fourth-order valence-corrected chi connectivity index (χ4v) is 2.77. The molecule has 2 aromatic carbocycles. The Bertz CT molecular complexity index is 880. The summed E-state index contributed by atoms with van der Waals surface area (Å²) in [5.74, 6) is 0.798. The molecule has 4 heteroatoms. The molecule has 0 fully saturated rings. The molecular weight excluding hydrogens is 288 g/mol. The van der Waals surface area contributed by atoms with Crippen molar-refractivity contribution < 1.29 is 4.74 Å². The van der Waals surface area contributed by atoms with Gasteiger partial charge in [-0.1, -0.05) is 30.3 Å². The van der Waals surface area contributed by atoms with Crippen LogP contribution in [0.5, 0.6) is 5.75 Å². The lowest BCUT2D eigenvalue weighted by Gasteiger charge is -2.17. The normalized spacial score (nSPS) is 12.3. The number of fused-ring (bicyclic) bond motifs is 1. The first-order valence-corrected chi connectivity index (χ1v) is 7.61. The zero-order valence-electron chi connectivity index (χ0n) is 13.3. The predicted molar refractivity (Wildman–Crippen MR) is 92.9 cm³/mol. The van der Waals surface area contributed by atoms with E-state index in [1.54, 1.807) is 11.7 Å². The first-order valence-electron chi connectivity index (χ1n) is 7.61. The number of hydrogen-bond donors (Lipinski definition) is 1. The second-order valence-corrected chi connectivity index (χ2v) is 5.68. The molecule has 0 saturated heterocycles. The molecule has 1 aromatic heterocycles. The maximum atomic E-state index is 12.9. The van der Waals surface area contributed by atoms with Gasteiger partial charge in [-0.2, -0.15) is 0 Å². The molecule has 4 nitrogen and oxygen atoms in total. The maximum Gasteiger partial charge on any atom is 0.258 e. The van der Waals surface area contributed by atoms with Gasteiger partial charge in [0.15, 0.2) is 0 Å². The summed E-state index contributed by atoms with van der Waals surface area (Å²) in [4.78, 5) is 12.9. The molecule has 23 heavy (non-hydrogen) atoms. The van der Waals surface area contributed by atoms with Crippen LogP contribution < -0.4 is 16.0 Å². The number of methoxy groups -OCH3 is 1. The molecule has 1 unspecified atom stereocenters. The van der Waals surface area contributed by atoms with Gasteiger partial charge in [0, 0.05) is 17.1 Å². The number of pyridine rings is 1. The summed E-state index contributed by atoms with van der Waals surface area (Å²) in [7, 11) is 1.64. The van der Waals surface area contributed by atoms with Crippen LogP contribution in [0.2, 0.25) is 0 Å². The molecule has 0 radical (unpaired) electrons. The zero-order valence-corrected chi connectivity index (χ0v) is 13.3. The number of nitrogens with two attached hydrogens (primary N) is 1. The van der Waals surface area contributed by atoms with Crippen molar-refractivity contribution in [1.29, 1.82) is 0 Å². The summed E-state index contributed by atoms with van der Waals surface area (Å²) in [6.07, 6.45) is 0. The summed E-state index contributed by atoms with van der Waals surface area (Å²) in [6, 6.07) is 17.1. The fourth-order valence-electron chi connectivity index (χ4n) is 2.77. The van der Waals surface area contributed by atoms with Crippen LogP contribution in [0.1, 0.15) is 24.2 Å². The van der Waals surface area contributed by atoms with Crippen LogP contribution >= 0.6 is 0 Å². The number of nitrogens with zero attached hydrogens (tertiary/aromatic N) is 1. The van der Waals surface area contributed by atoms with Crippen LogP contribution in [-0.2, 0) is 6.54 Å². The van der Waals surface area contributed by atoms with E-state index in [1.165, 1.54) is 0 Å². The molecule has 0 amide bonds. The van der Waals surface area contributed by atoms with Gasteiger partial charge in [-0.05, 0) is 42.1 Å². The largest absolute Gasteiger partial charge is 0.497 e. The van der Waals surface area contributed by atoms with E-state index in [-0.39, 0.29) is 11.6 Å². The monoisotopic (exact) mass is 308 g/mol. The fraction of sp³-hybridized carbons (Fsp3) is 0.211. The Labute approximate surface area is 135 Å². The highest BCUT2D eigenvalue weighted by atomic mass is 16.5. The Hall–Kier alpha value is -2.59. The van der Waals surface area contributed by atoms with Crippen LogP contribution in [0.25, 0.3) is 10.8 Å². The molecular formula is C19H20N2O2. The van der Waals surface area contributed by atoms with E-state index < -0.39 is 0 Å². The van der Waals surface area contributed by atoms with Crippen molar-refractivity contribution in [2.75, 3.05) is 7.11 Å². The molecule has 2 N–H and O–H groups in total. The average molecular weight is 308 g/mol. The molecule has 0 aliphatic carbocycles. The molecule has 0 spiro atoms. The molecule has 0 bridgehead atoms. The van der Waals surface area contributed by atoms with Gasteiger partial charge >= 0.3 is 0 Å². The van der Waals surface area contributed by atoms with E-state index in [9.17, 15) is 4.79 Å². The van der Waals surface area contributed by atoms with Gasteiger partial charge in [-0.25, -0.2) is 0 Å². The van der Waals surface area contributed by atoms with E-state index in [0.717, 1.165) is 22.4 Å². The number of aromatic nitrogens is 1. The highest BCUT2D eigenvalue weighted by molar-refractivity contribution is 5.82. The highest BCUT2D eigenvalue weighted by Gasteiger charge is 2.12. The van der Waals surface area contributed by atoms with Gasteiger partial charge in [0.25, 0.3) is 5.56 Å². The number of ether oxygens (including phenoxy) is 1. The molecule has 0 aliphatic rings. The topological polar surface area (TPSA) is 57.2 Å². The third-order valence-corrected chi connectivity index (χ3v) is 4.02. The van der Waals surface area contributed by atoms with Gasteiger partial charge in [0.1, 0.15) is 5.75 Å². The second-order valence-electron chi connectivity index (χ2n) is 5.68. The van der Waals surface area contributed by atoms with Crippen LogP contribution in [0.4, 0.5) is 0 Å². The van der Waals surface area contributed by atoms with E-state index in [0.29, 0.717) is 11.9 Å². The summed E-state index contributed by atoms with van der Waals surface area (Å²) >= 11 is 0. The van der Waals surface area contributed by atoms with E-state index in [1.807, 2.05) is 61.5 Å². The molecule has 3 aromatic rings. The minimum Gasteiger partial charge on any atom is -0.497 e. The van der Waals surface area contributed by atoms with Crippen molar-refractivity contribution in [2.45, 2.75) is 19.5 Å². The van der Waals surface area contributed by atoms with Gasteiger partial charge in [0.2, 0.25) is 0 Å². The Morgan fingerprint density at radius 1 is 1.13 bits per heavy atom. The number of benzene rings is 2. The third-order valence-electron chi connectivity index (χ3n) is 4.02. The van der Waals surface area contributed by atoms with Crippen molar-refractivity contribution >= 4 is 10.8 Å². The van der Waals surface area contributed by atoms with Gasteiger partial charge < -0.3 is 15.0 Å². The molecule has 118 valence electrons. The third kappa shape index (κ3) is 2.98. The SMILES string of the molecule is COc1ccc(Cn2c(C(C)N)cc3ccccc3c2=O)cc1. The van der Waals surface area contributed by atoms with Crippen molar-refractivity contribution in [1.82, 2.24) is 4.57 Å². The average Bonchev–Trinajstić information content (AvgIpc) is 2.57. The summed E-state index contributed by atoms with van der Waals surface area (Å²) in [6.45, 7) is 2.39. The lowest BCUT2D eigenvalue weighted by atomic mass is 10.1. The van der Waals surface area contributed by atoms with Crippen LogP contribution in [0, 0.1) is 0 Å². The maximum absolute atomic E-state index is 12.9. The van der Waals surface area contributed by atoms with E-state index in [2.05, 4.69) is 0 Å². The van der Waals surface area contributed by atoms with Gasteiger partial charge in [0.05, 0.1) is 13.7 Å². The van der Waals surface area contributed by atoms with Crippen molar-refractivity contribution in [3.05, 3.63) is 76.2 Å². The Kier molecular flexibility index (Phi) is 4.17. The number of hydrogen-bond acceptors (Lipinski definition) is 3. The van der Waals surface area contributed by atoms with Crippen LogP contribution in [0.15, 0.2) is 59.4 Å². The molecule has 0 saturated carbocycles. The Morgan fingerprint density at radius 2 is 1.83 bits per heavy atom. The lowest BCUT2D eigenvalue weighted by Crippen LogP contribution is -2.27. The van der Waals surface area contributed by atoms with Crippen molar-refractivity contribution in [2.24, 2.45) is 5.73 Å². The van der Waals surface area contributed by atoms with Crippen molar-refractivity contribution in [3.63, 3.8) is 0 Å². The van der Waals surface area contributed by atoms with Crippen molar-refractivity contribution in [3.8, 4) is 5.75 Å². The number of rotatable bonds is 4. The van der Waals surface area contributed by atoms with Crippen LogP contribution in [-0.4, -0.2) is 11.7 Å². The zero-order chi connectivity index (χ0) is 16.4. The van der Waals surface area contributed by atoms with E-state index >= 15 is 0 Å². The first kappa shape index (κ1) is 15.3. The van der Waals surface area contributed by atoms with Gasteiger partial charge in [-0.3, -0.25) is 4.79 Å². The minimum absolute atomic E-state index is 0.00813. The second kappa shape index (κ2) is 6.26. The summed E-state index contributed by atoms with van der Waals surface area (Å²) in [5.41, 5.74) is 7.96. The van der Waals surface area contributed by atoms with E-state index in [4.69, 9.17) is 10.5 Å².